The predicted molar refractivity (Wildman–Crippen MR) is 52.9 cm³/mol. The molecule has 2 rings (SSSR count). The normalized spacial score (nSPS) is 10.5. The van der Waals surface area contributed by atoms with Gasteiger partial charge < -0.3 is 19.9 Å². The van der Waals surface area contributed by atoms with Gasteiger partial charge in [0.15, 0.2) is 0 Å². The van der Waals surface area contributed by atoms with Crippen LogP contribution in [-0.4, -0.2) is 21.2 Å². The number of nitrogens with one attached hydrogen (secondary N) is 1. The van der Waals surface area contributed by atoms with Gasteiger partial charge in [0, 0.05) is 30.5 Å². The molecule has 0 aliphatic carbocycles. The van der Waals surface area contributed by atoms with Crippen molar-refractivity contribution in [3.05, 3.63) is 18.2 Å². The number of carbonyl (C=O) groups is 1. The summed E-state index contributed by atoms with van der Waals surface area (Å²) < 4.78 is 4.81. The SMILES string of the molecule is CC(=O)Oc1cc2c(O)cc(O)cc2[nH]1. The number of carbonyl (C=O) groups excluding carboxylic acids is 1. The number of aromatic hydroxyl groups is 2. The molecule has 5 heteroatoms. The summed E-state index contributed by atoms with van der Waals surface area (Å²) in [4.78, 5) is 13.4. The highest BCUT2D eigenvalue weighted by molar-refractivity contribution is 5.89. The first-order chi connectivity index (χ1) is 7.06. The fourth-order valence-electron chi connectivity index (χ4n) is 1.39. The molecular weight excluding hydrogens is 198 g/mol. The van der Waals surface area contributed by atoms with Crippen molar-refractivity contribution in [2.75, 3.05) is 0 Å². The van der Waals surface area contributed by atoms with Crippen molar-refractivity contribution >= 4 is 16.9 Å². The third kappa shape index (κ3) is 1.71. The minimum Gasteiger partial charge on any atom is -0.508 e. The molecule has 0 amide bonds. The minimum atomic E-state index is -0.453. The number of rotatable bonds is 1. The molecule has 1 aromatic heterocycles. The molecule has 15 heavy (non-hydrogen) atoms. The molecule has 0 bridgehead atoms. The highest BCUT2D eigenvalue weighted by atomic mass is 16.5. The number of aromatic amines is 1. The Hall–Kier alpha value is -2.17. The van der Waals surface area contributed by atoms with Crippen LogP contribution in [0.25, 0.3) is 10.9 Å². The Bertz CT molecular complexity index is 529. The molecule has 0 radical (unpaired) electrons. The van der Waals surface area contributed by atoms with Crippen LogP contribution in [0.3, 0.4) is 0 Å². The van der Waals surface area contributed by atoms with Crippen LogP contribution < -0.4 is 4.74 Å². The van der Waals surface area contributed by atoms with Gasteiger partial charge in [-0.1, -0.05) is 0 Å². The van der Waals surface area contributed by atoms with Crippen LogP contribution in [0.5, 0.6) is 17.4 Å². The van der Waals surface area contributed by atoms with E-state index < -0.39 is 5.97 Å². The van der Waals surface area contributed by atoms with Crippen molar-refractivity contribution in [2.24, 2.45) is 0 Å². The Kier molecular flexibility index (Phi) is 2.00. The van der Waals surface area contributed by atoms with E-state index in [1.54, 1.807) is 0 Å². The maximum atomic E-state index is 10.7. The Labute approximate surface area is 84.9 Å². The Morgan fingerprint density at radius 2 is 2.07 bits per heavy atom. The van der Waals surface area contributed by atoms with Crippen LogP contribution in [-0.2, 0) is 4.79 Å². The first-order valence-electron chi connectivity index (χ1n) is 4.29. The van der Waals surface area contributed by atoms with E-state index >= 15 is 0 Å². The van der Waals surface area contributed by atoms with Crippen LogP contribution in [0.4, 0.5) is 0 Å². The number of phenolic OH excluding ortho intramolecular Hbond substituents is 2. The number of benzene rings is 1. The minimum absolute atomic E-state index is 0.0591. The standard InChI is InChI=1S/C10H9NO4/c1-5(12)15-10-4-7-8(11-10)2-6(13)3-9(7)14/h2-4,11,13-14H,1H3. The van der Waals surface area contributed by atoms with Gasteiger partial charge in [0.1, 0.15) is 11.5 Å². The number of esters is 1. The second-order valence-electron chi connectivity index (χ2n) is 3.15. The fraction of sp³-hybridized carbons (Fsp3) is 0.100. The number of phenols is 2. The summed E-state index contributed by atoms with van der Waals surface area (Å²) in [6, 6.07) is 4.14. The van der Waals surface area contributed by atoms with E-state index in [9.17, 15) is 15.0 Å². The van der Waals surface area contributed by atoms with Crippen LogP contribution >= 0.6 is 0 Å². The molecule has 0 spiro atoms. The number of ether oxygens (including phenoxy) is 1. The molecule has 1 aromatic carbocycles. The Morgan fingerprint density at radius 3 is 2.73 bits per heavy atom. The molecule has 0 aliphatic heterocycles. The van der Waals surface area contributed by atoms with Gasteiger partial charge in [0.05, 0.1) is 5.52 Å². The van der Waals surface area contributed by atoms with Crippen molar-refractivity contribution in [1.82, 2.24) is 4.98 Å². The van der Waals surface area contributed by atoms with Crippen LogP contribution in [0, 0.1) is 0 Å². The topological polar surface area (TPSA) is 82.6 Å². The third-order valence-electron chi connectivity index (χ3n) is 1.93. The first-order valence-corrected chi connectivity index (χ1v) is 4.29. The molecule has 0 fully saturated rings. The molecule has 1 heterocycles. The Morgan fingerprint density at radius 1 is 1.33 bits per heavy atom. The van der Waals surface area contributed by atoms with Gasteiger partial charge in [-0.2, -0.15) is 0 Å². The van der Waals surface area contributed by atoms with Gasteiger partial charge in [-0.25, -0.2) is 0 Å². The lowest BCUT2D eigenvalue weighted by Crippen LogP contribution is -2.00. The smallest absolute Gasteiger partial charge is 0.309 e. The molecule has 3 N–H and O–H groups in total. The molecule has 0 saturated heterocycles. The lowest BCUT2D eigenvalue weighted by Gasteiger charge is -1.95. The summed E-state index contributed by atoms with van der Waals surface area (Å²) in [5, 5.41) is 19.2. The third-order valence-corrected chi connectivity index (χ3v) is 1.93. The first kappa shape index (κ1) is 9.39. The van der Waals surface area contributed by atoms with Crippen molar-refractivity contribution in [3.63, 3.8) is 0 Å². The zero-order valence-corrected chi connectivity index (χ0v) is 7.94. The van der Waals surface area contributed by atoms with Gasteiger partial charge >= 0.3 is 5.97 Å². The lowest BCUT2D eigenvalue weighted by molar-refractivity contribution is -0.132. The van der Waals surface area contributed by atoms with E-state index in [4.69, 9.17) is 4.74 Å². The van der Waals surface area contributed by atoms with Crippen molar-refractivity contribution < 1.29 is 19.7 Å². The highest BCUT2D eigenvalue weighted by Gasteiger charge is 2.08. The predicted octanol–water partition coefficient (Wildman–Crippen LogP) is 1.50. The second kappa shape index (κ2) is 3.20. The van der Waals surface area contributed by atoms with E-state index in [0.717, 1.165) is 0 Å². The molecular formula is C10H9NO4. The lowest BCUT2D eigenvalue weighted by atomic mass is 10.2. The van der Waals surface area contributed by atoms with Gasteiger partial charge in [-0.15, -0.1) is 0 Å². The molecule has 2 aromatic rings. The number of hydrogen-bond donors (Lipinski definition) is 3. The molecule has 78 valence electrons. The molecule has 0 atom stereocenters. The van der Waals surface area contributed by atoms with Crippen LogP contribution in [0.2, 0.25) is 0 Å². The number of H-pyrrole nitrogens is 1. The Balaban J connectivity index is 2.55. The fourth-order valence-corrected chi connectivity index (χ4v) is 1.39. The monoisotopic (exact) mass is 207 g/mol. The van der Waals surface area contributed by atoms with Crippen molar-refractivity contribution in [3.8, 4) is 17.4 Å². The number of hydrogen-bond acceptors (Lipinski definition) is 4. The summed E-state index contributed by atoms with van der Waals surface area (Å²) in [7, 11) is 0. The molecule has 0 unspecified atom stereocenters. The largest absolute Gasteiger partial charge is 0.508 e. The average molecular weight is 207 g/mol. The summed E-state index contributed by atoms with van der Waals surface area (Å²) in [6.07, 6.45) is 0. The number of fused-ring (bicyclic) bond motifs is 1. The summed E-state index contributed by atoms with van der Waals surface area (Å²) in [6.45, 7) is 1.28. The van der Waals surface area contributed by atoms with Crippen LogP contribution in [0.1, 0.15) is 6.92 Å². The van der Waals surface area contributed by atoms with E-state index in [1.165, 1.54) is 25.1 Å². The maximum Gasteiger partial charge on any atom is 0.309 e. The second-order valence-corrected chi connectivity index (χ2v) is 3.15. The van der Waals surface area contributed by atoms with Gasteiger partial charge in [-0.05, 0) is 0 Å². The van der Waals surface area contributed by atoms with E-state index in [1.807, 2.05) is 0 Å². The summed E-state index contributed by atoms with van der Waals surface area (Å²) in [5.41, 5.74) is 0.503. The highest BCUT2D eigenvalue weighted by Crippen LogP contribution is 2.32. The van der Waals surface area contributed by atoms with Gasteiger partial charge in [0.2, 0.25) is 5.88 Å². The summed E-state index contributed by atoms with van der Waals surface area (Å²) in [5.74, 6) is -0.348. The van der Waals surface area contributed by atoms with Gasteiger partial charge in [-0.3, -0.25) is 4.79 Å². The van der Waals surface area contributed by atoms with Crippen molar-refractivity contribution in [1.29, 1.82) is 0 Å². The maximum absolute atomic E-state index is 10.7. The molecule has 0 saturated carbocycles. The zero-order valence-electron chi connectivity index (χ0n) is 7.94. The average Bonchev–Trinajstić information content (AvgIpc) is 2.45. The van der Waals surface area contributed by atoms with E-state index in [0.29, 0.717) is 10.9 Å². The molecule has 0 aliphatic rings. The van der Waals surface area contributed by atoms with Crippen molar-refractivity contribution in [2.45, 2.75) is 6.92 Å². The van der Waals surface area contributed by atoms with Gasteiger partial charge in [0.25, 0.3) is 0 Å². The van der Waals surface area contributed by atoms with Crippen LogP contribution in [0.15, 0.2) is 18.2 Å². The quantitative estimate of drug-likeness (QED) is 0.619. The number of aromatic nitrogens is 1. The van der Waals surface area contributed by atoms with E-state index in [-0.39, 0.29) is 17.4 Å². The molecule has 5 nitrogen and oxygen atoms in total. The zero-order chi connectivity index (χ0) is 11.0. The van der Waals surface area contributed by atoms with E-state index in [2.05, 4.69) is 4.98 Å². The summed E-state index contributed by atoms with van der Waals surface area (Å²) >= 11 is 0.